The third kappa shape index (κ3) is 7.74. The summed E-state index contributed by atoms with van der Waals surface area (Å²) in [6.07, 6.45) is 0.539. The molecule has 2 N–H and O–H groups in total. The van der Waals surface area contributed by atoms with Crippen LogP contribution in [0.5, 0.6) is 0 Å². The molecule has 13 heavy (non-hydrogen) atoms. The fourth-order valence-corrected chi connectivity index (χ4v) is 1.06. The van der Waals surface area contributed by atoms with Gasteiger partial charge in [0.15, 0.2) is 0 Å². The van der Waals surface area contributed by atoms with E-state index in [1.165, 1.54) is 0 Å². The lowest BCUT2D eigenvalue weighted by Gasteiger charge is -2.09. The number of carbonyl (C=O) groups is 1. The van der Waals surface area contributed by atoms with Crippen LogP contribution >= 0.6 is 0 Å². The minimum absolute atomic E-state index is 0.0970. The fourth-order valence-electron chi connectivity index (χ4n) is 1.06. The van der Waals surface area contributed by atoms with Gasteiger partial charge in [0.1, 0.15) is 0 Å². The van der Waals surface area contributed by atoms with E-state index in [2.05, 4.69) is 10.6 Å². The summed E-state index contributed by atoms with van der Waals surface area (Å²) in [5.74, 6) is 0.388. The van der Waals surface area contributed by atoms with Gasteiger partial charge in [-0.3, -0.25) is 4.79 Å². The fraction of sp³-hybridized carbons (Fsp3) is 0.889. The van der Waals surface area contributed by atoms with Crippen LogP contribution in [0, 0.1) is 5.92 Å². The summed E-state index contributed by atoms with van der Waals surface area (Å²) in [6, 6.07) is 0. The summed E-state index contributed by atoms with van der Waals surface area (Å²) < 4.78 is 4.94. The van der Waals surface area contributed by atoms with Gasteiger partial charge in [-0.25, -0.2) is 0 Å². The highest BCUT2D eigenvalue weighted by Gasteiger charge is 2.07. The molecule has 4 heteroatoms. The second-order valence-electron chi connectivity index (χ2n) is 3.22. The van der Waals surface area contributed by atoms with Crippen molar-refractivity contribution in [1.29, 1.82) is 0 Å². The van der Waals surface area contributed by atoms with Crippen LogP contribution in [0.2, 0.25) is 0 Å². The van der Waals surface area contributed by atoms with Gasteiger partial charge in [-0.2, -0.15) is 0 Å². The topological polar surface area (TPSA) is 50.4 Å². The van der Waals surface area contributed by atoms with Gasteiger partial charge in [0, 0.05) is 33.2 Å². The van der Waals surface area contributed by atoms with Crippen molar-refractivity contribution < 1.29 is 9.53 Å². The maximum atomic E-state index is 11.2. The van der Waals surface area contributed by atoms with E-state index in [4.69, 9.17) is 4.74 Å². The van der Waals surface area contributed by atoms with Gasteiger partial charge in [-0.1, -0.05) is 6.92 Å². The Labute approximate surface area is 80.0 Å². The standard InChI is InChI=1S/C9H20N2O2/c1-8(7-13-3)6-9(12)11-5-4-10-2/h8,10H,4-7H2,1-3H3,(H,11,12). The highest BCUT2D eigenvalue weighted by atomic mass is 16.5. The van der Waals surface area contributed by atoms with E-state index in [9.17, 15) is 4.79 Å². The maximum Gasteiger partial charge on any atom is 0.220 e. The minimum Gasteiger partial charge on any atom is -0.384 e. The van der Waals surface area contributed by atoms with Crippen molar-refractivity contribution in [3.05, 3.63) is 0 Å². The number of carbonyl (C=O) groups excluding carboxylic acids is 1. The molecule has 0 aliphatic carbocycles. The molecule has 1 unspecified atom stereocenters. The number of methoxy groups -OCH3 is 1. The normalized spacial score (nSPS) is 12.5. The van der Waals surface area contributed by atoms with Gasteiger partial charge in [0.05, 0.1) is 0 Å². The molecule has 0 saturated carbocycles. The Morgan fingerprint density at radius 2 is 2.15 bits per heavy atom. The Balaban J connectivity index is 3.38. The SMILES string of the molecule is CNCCNC(=O)CC(C)COC. The molecule has 0 aliphatic rings. The first-order chi connectivity index (χ1) is 6.20. The monoisotopic (exact) mass is 188 g/mol. The van der Waals surface area contributed by atoms with Crippen molar-refractivity contribution in [1.82, 2.24) is 10.6 Å². The Hall–Kier alpha value is -0.610. The van der Waals surface area contributed by atoms with Crippen LogP contribution in [0.25, 0.3) is 0 Å². The van der Waals surface area contributed by atoms with E-state index in [0.29, 0.717) is 25.5 Å². The molecule has 78 valence electrons. The second kappa shape index (κ2) is 8.01. The van der Waals surface area contributed by atoms with E-state index < -0.39 is 0 Å². The third-order valence-corrected chi connectivity index (χ3v) is 1.68. The van der Waals surface area contributed by atoms with Crippen molar-refractivity contribution >= 4 is 5.91 Å². The molecule has 0 aliphatic heterocycles. The molecule has 0 fully saturated rings. The zero-order valence-electron chi connectivity index (χ0n) is 8.72. The summed E-state index contributed by atoms with van der Waals surface area (Å²) >= 11 is 0. The Morgan fingerprint density at radius 3 is 2.69 bits per heavy atom. The van der Waals surface area contributed by atoms with Crippen molar-refractivity contribution in [2.45, 2.75) is 13.3 Å². The first-order valence-electron chi connectivity index (χ1n) is 4.61. The van der Waals surface area contributed by atoms with Crippen LogP contribution in [0.1, 0.15) is 13.3 Å². The summed E-state index contributed by atoms with van der Waals surface area (Å²) in [7, 11) is 3.51. The van der Waals surface area contributed by atoms with Gasteiger partial charge < -0.3 is 15.4 Å². The molecule has 0 spiro atoms. The lowest BCUT2D eigenvalue weighted by molar-refractivity contribution is -0.122. The van der Waals surface area contributed by atoms with Crippen molar-refractivity contribution in [3.63, 3.8) is 0 Å². The van der Waals surface area contributed by atoms with Crippen molar-refractivity contribution in [3.8, 4) is 0 Å². The predicted octanol–water partition coefficient (Wildman–Crippen LogP) is -0.00540. The predicted molar refractivity (Wildman–Crippen MR) is 52.6 cm³/mol. The van der Waals surface area contributed by atoms with Crippen LogP contribution in [-0.4, -0.2) is 39.8 Å². The molecule has 0 bridgehead atoms. The smallest absolute Gasteiger partial charge is 0.220 e. The Morgan fingerprint density at radius 1 is 1.46 bits per heavy atom. The maximum absolute atomic E-state index is 11.2. The lowest BCUT2D eigenvalue weighted by atomic mass is 10.1. The molecule has 1 amide bonds. The first-order valence-corrected chi connectivity index (χ1v) is 4.61. The van der Waals surface area contributed by atoms with Gasteiger partial charge >= 0.3 is 0 Å². The quantitative estimate of drug-likeness (QED) is 0.553. The molecule has 4 nitrogen and oxygen atoms in total. The summed E-state index contributed by atoms with van der Waals surface area (Å²) in [6.45, 7) is 4.14. The average molecular weight is 188 g/mol. The number of nitrogens with one attached hydrogen (secondary N) is 2. The highest BCUT2D eigenvalue weighted by Crippen LogP contribution is 2.00. The lowest BCUT2D eigenvalue weighted by Crippen LogP contribution is -2.31. The molecule has 0 rings (SSSR count). The van der Waals surface area contributed by atoms with Gasteiger partial charge in [-0.05, 0) is 13.0 Å². The minimum atomic E-state index is 0.0970. The number of ether oxygens (including phenoxy) is 1. The highest BCUT2D eigenvalue weighted by molar-refractivity contribution is 5.76. The average Bonchev–Trinajstić information content (AvgIpc) is 2.05. The van der Waals surface area contributed by atoms with E-state index in [1.54, 1.807) is 7.11 Å². The van der Waals surface area contributed by atoms with Crippen LogP contribution < -0.4 is 10.6 Å². The van der Waals surface area contributed by atoms with Crippen LogP contribution in [0.3, 0.4) is 0 Å². The second-order valence-corrected chi connectivity index (χ2v) is 3.22. The van der Waals surface area contributed by atoms with Crippen LogP contribution in [0.15, 0.2) is 0 Å². The molecule has 1 atom stereocenters. The summed E-state index contributed by atoms with van der Waals surface area (Å²) in [5, 5.41) is 5.78. The molecular weight excluding hydrogens is 168 g/mol. The largest absolute Gasteiger partial charge is 0.384 e. The van der Waals surface area contributed by atoms with Crippen LogP contribution in [0.4, 0.5) is 0 Å². The number of hydrogen-bond donors (Lipinski definition) is 2. The number of amides is 1. The first kappa shape index (κ1) is 12.4. The van der Waals surface area contributed by atoms with E-state index >= 15 is 0 Å². The zero-order valence-corrected chi connectivity index (χ0v) is 8.72. The van der Waals surface area contributed by atoms with Gasteiger partial charge in [0.2, 0.25) is 5.91 Å². The van der Waals surface area contributed by atoms with Crippen molar-refractivity contribution in [2.24, 2.45) is 5.92 Å². The van der Waals surface area contributed by atoms with Crippen LogP contribution in [-0.2, 0) is 9.53 Å². The summed E-state index contributed by atoms with van der Waals surface area (Å²) in [5.41, 5.74) is 0. The molecule has 0 aromatic rings. The van der Waals surface area contributed by atoms with Gasteiger partial charge in [-0.15, -0.1) is 0 Å². The van der Waals surface area contributed by atoms with E-state index in [-0.39, 0.29) is 5.91 Å². The molecular formula is C9H20N2O2. The third-order valence-electron chi connectivity index (χ3n) is 1.68. The molecule has 0 aromatic heterocycles. The number of hydrogen-bond acceptors (Lipinski definition) is 3. The van der Waals surface area contributed by atoms with Crippen molar-refractivity contribution in [2.75, 3.05) is 33.9 Å². The number of rotatable bonds is 7. The summed E-state index contributed by atoms with van der Waals surface area (Å²) in [4.78, 5) is 11.2. The zero-order chi connectivity index (χ0) is 10.1. The Kier molecular flexibility index (Phi) is 7.63. The van der Waals surface area contributed by atoms with Gasteiger partial charge in [0.25, 0.3) is 0 Å². The van der Waals surface area contributed by atoms with E-state index in [0.717, 1.165) is 6.54 Å². The number of likely N-dealkylation sites (N-methyl/N-ethyl adjacent to an activating group) is 1. The molecule has 0 heterocycles. The molecule has 0 aromatic carbocycles. The van der Waals surface area contributed by atoms with E-state index in [1.807, 2.05) is 14.0 Å². The Bertz CT molecular complexity index is 140. The molecule has 0 radical (unpaired) electrons. The molecule has 0 saturated heterocycles.